The van der Waals surface area contributed by atoms with Crippen LogP contribution in [-0.2, 0) is 7.05 Å². The summed E-state index contributed by atoms with van der Waals surface area (Å²) >= 11 is 3.37. The number of nitrogens with zero attached hydrogens (tertiary/aromatic N) is 1. The van der Waals surface area contributed by atoms with Gasteiger partial charge in [-0.2, -0.15) is 0 Å². The molecule has 2 aromatic heterocycles. The van der Waals surface area contributed by atoms with Gasteiger partial charge in [-0.15, -0.1) is 0 Å². The molecular weight excluding hydrogens is 220 g/mol. The Morgan fingerprint density at radius 2 is 2.25 bits per heavy atom. The van der Waals surface area contributed by atoms with Crippen LogP contribution >= 0.6 is 15.9 Å². The summed E-state index contributed by atoms with van der Waals surface area (Å²) in [5.74, 6) is 0. The molecule has 0 aliphatic carbocycles. The fraction of sp³-hybridized carbons (Fsp3) is 0.125. The average molecular weight is 227 g/mol. The number of pyridine rings is 1. The van der Waals surface area contributed by atoms with E-state index in [9.17, 15) is 4.79 Å². The third-order valence-corrected chi connectivity index (χ3v) is 2.62. The van der Waals surface area contributed by atoms with Gasteiger partial charge in [0.05, 0.1) is 4.60 Å². The number of hydrogen-bond donors (Lipinski definition) is 1. The van der Waals surface area contributed by atoms with E-state index >= 15 is 0 Å². The van der Waals surface area contributed by atoms with Crippen molar-refractivity contribution < 1.29 is 0 Å². The Morgan fingerprint density at radius 3 is 3.00 bits per heavy atom. The minimum absolute atomic E-state index is 0.0730. The van der Waals surface area contributed by atoms with Crippen LogP contribution in [-0.4, -0.2) is 9.55 Å². The first-order valence-electron chi connectivity index (χ1n) is 3.53. The molecule has 0 aromatic carbocycles. The SMILES string of the molecule is Cn1c(Br)cc2ccc(=O)[nH]c21. The summed E-state index contributed by atoms with van der Waals surface area (Å²) in [5.41, 5.74) is 0.769. The van der Waals surface area contributed by atoms with Crippen molar-refractivity contribution in [2.45, 2.75) is 0 Å². The fourth-order valence-electron chi connectivity index (χ4n) is 1.20. The third kappa shape index (κ3) is 0.992. The lowest BCUT2D eigenvalue weighted by Crippen LogP contribution is -2.04. The van der Waals surface area contributed by atoms with E-state index < -0.39 is 0 Å². The van der Waals surface area contributed by atoms with Crippen LogP contribution in [0.1, 0.15) is 0 Å². The van der Waals surface area contributed by atoms with E-state index in [0.29, 0.717) is 0 Å². The van der Waals surface area contributed by atoms with Crippen LogP contribution < -0.4 is 5.56 Å². The van der Waals surface area contributed by atoms with Crippen LogP contribution in [0, 0.1) is 0 Å². The second-order valence-electron chi connectivity index (χ2n) is 2.65. The molecule has 0 unspecified atom stereocenters. The van der Waals surface area contributed by atoms with Gasteiger partial charge in [0.15, 0.2) is 0 Å². The highest BCUT2D eigenvalue weighted by molar-refractivity contribution is 9.10. The van der Waals surface area contributed by atoms with Gasteiger partial charge in [0.2, 0.25) is 5.56 Å². The van der Waals surface area contributed by atoms with Crippen LogP contribution in [0.4, 0.5) is 0 Å². The number of nitrogens with one attached hydrogen (secondary N) is 1. The Balaban J connectivity index is 2.98. The van der Waals surface area contributed by atoms with Crippen molar-refractivity contribution in [2.24, 2.45) is 7.05 Å². The van der Waals surface area contributed by atoms with Gasteiger partial charge in [0.1, 0.15) is 5.65 Å². The van der Waals surface area contributed by atoms with Gasteiger partial charge in [-0.05, 0) is 28.1 Å². The third-order valence-electron chi connectivity index (χ3n) is 1.86. The molecule has 0 aliphatic rings. The van der Waals surface area contributed by atoms with Crippen LogP contribution in [0.15, 0.2) is 27.6 Å². The number of hydrogen-bond acceptors (Lipinski definition) is 1. The van der Waals surface area contributed by atoms with Crippen molar-refractivity contribution >= 4 is 27.0 Å². The minimum Gasteiger partial charge on any atom is -0.325 e. The smallest absolute Gasteiger partial charge is 0.249 e. The predicted molar refractivity (Wildman–Crippen MR) is 51.2 cm³/mol. The maximum Gasteiger partial charge on any atom is 0.249 e. The van der Waals surface area contributed by atoms with E-state index in [2.05, 4.69) is 20.9 Å². The van der Waals surface area contributed by atoms with Gasteiger partial charge < -0.3 is 9.55 Å². The monoisotopic (exact) mass is 226 g/mol. The molecule has 2 rings (SSSR count). The number of H-pyrrole nitrogens is 1. The van der Waals surface area contributed by atoms with Gasteiger partial charge in [0.25, 0.3) is 0 Å². The van der Waals surface area contributed by atoms with Crippen molar-refractivity contribution in [3.8, 4) is 0 Å². The molecule has 3 nitrogen and oxygen atoms in total. The van der Waals surface area contributed by atoms with E-state index in [0.717, 1.165) is 15.6 Å². The zero-order valence-electron chi connectivity index (χ0n) is 6.47. The predicted octanol–water partition coefficient (Wildman–Crippen LogP) is 1.63. The molecule has 2 heterocycles. The summed E-state index contributed by atoms with van der Waals surface area (Å²) in [6.07, 6.45) is 0. The maximum absolute atomic E-state index is 11.0. The molecule has 0 saturated heterocycles. The van der Waals surface area contributed by atoms with Crippen LogP contribution in [0.25, 0.3) is 11.0 Å². The second kappa shape index (κ2) is 2.48. The Hall–Kier alpha value is -1.03. The first-order valence-corrected chi connectivity index (χ1v) is 4.32. The molecule has 0 aliphatic heterocycles. The number of aromatic amines is 1. The van der Waals surface area contributed by atoms with E-state index in [-0.39, 0.29) is 5.56 Å². The lowest BCUT2D eigenvalue weighted by molar-refractivity contribution is 0.919. The van der Waals surface area contributed by atoms with Crippen LogP contribution in [0.3, 0.4) is 0 Å². The van der Waals surface area contributed by atoms with Crippen molar-refractivity contribution in [1.29, 1.82) is 0 Å². The number of aryl methyl sites for hydroxylation is 1. The van der Waals surface area contributed by atoms with E-state index in [1.165, 1.54) is 6.07 Å². The molecule has 62 valence electrons. The Labute approximate surface area is 77.1 Å². The quantitative estimate of drug-likeness (QED) is 0.729. The summed E-state index contributed by atoms with van der Waals surface area (Å²) in [5, 5.41) is 1.03. The first kappa shape index (κ1) is 7.61. The fourth-order valence-corrected chi connectivity index (χ4v) is 1.62. The number of fused-ring (bicyclic) bond motifs is 1. The lowest BCUT2D eigenvalue weighted by atomic mass is 10.3. The largest absolute Gasteiger partial charge is 0.325 e. The van der Waals surface area contributed by atoms with Crippen LogP contribution in [0.5, 0.6) is 0 Å². The highest BCUT2D eigenvalue weighted by atomic mass is 79.9. The highest BCUT2D eigenvalue weighted by Crippen LogP contribution is 2.19. The summed E-state index contributed by atoms with van der Waals surface area (Å²) in [7, 11) is 1.89. The normalized spacial score (nSPS) is 10.8. The van der Waals surface area contributed by atoms with Crippen LogP contribution in [0.2, 0.25) is 0 Å². The lowest BCUT2D eigenvalue weighted by Gasteiger charge is -1.95. The molecule has 12 heavy (non-hydrogen) atoms. The van der Waals surface area contributed by atoms with Gasteiger partial charge in [-0.1, -0.05) is 0 Å². The zero-order valence-corrected chi connectivity index (χ0v) is 8.05. The molecule has 4 heteroatoms. The topological polar surface area (TPSA) is 37.8 Å². The highest BCUT2D eigenvalue weighted by Gasteiger charge is 2.02. The molecule has 0 amide bonds. The summed E-state index contributed by atoms with van der Waals surface area (Å²) in [4.78, 5) is 13.7. The standard InChI is InChI=1S/C8H7BrN2O/c1-11-6(9)4-5-2-3-7(12)10-8(5)11/h2-4H,1H3,(H,10,12). The van der Waals surface area contributed by atoms with Crippen molar-refractivity contribution in [2.75, 3.05) is 0 Å². The number of halogens is 1. The molecule has 0 atom stereocenters. The van der Waals surface area contributed by atoms with Crippen molar-refractivity contribution in [1.82, 2.24) is 9.55 Å². The van der Waals surface area contributed by atoms with E-state index in [1.807, 2.05) is 17.7 Å². The zero-order chi connectivity index (χ0) is 8.72. The molecule has 0 fully saturated rings. The minimum atomic E-state index is -0.0730. The number of rotatable bonds is 0. The van der Waals surface area contributed by atoms with Crippen molar-refractivity contribution in [3.63, 3.8) is 0 Å². The first-order chi connectivity index (χ1) is 5.68. The van der Waals surface area contributed by atoms with E-state index in [4.69, 9.17) is 0 Å². The van der Waals surface area contributed by atoms with Gasteiger partial charge in [-0.25, -0.2) is 0 Å². The molecule has 0 spiro atoms. The maximum atomic E-state index is 11.0. The second-order valence-corrected chi connectivity index (χ2v) is 3.47. The molecule has 1 N–H and O–H groups in total. The van der Waals surface area contributed by atoms with Crippen molar-refractivity contribution in [3.05, 3.63) is 33.2 Å². The summed E-state index contributed by atoms with van der Waals surface area (Å²) < 4.78 is 2.84. The Morgan fingerprint density at radius 1 is 1.50 bits per heavy atom. The average Bonchev–Trinajstić information content (AvgIpc) is 2.31. The van der Waals surface area contributed by atoms with Gasteiger partial charge in [-0.3, -0.25) is 4.79 Å². The number of aromatic nitrogens is 2. The van der Waals surface area contributed by atoms with E-state index in [1.54, 1.807) is 6.07 Å². The Kier molecular flexibility index (Phi) is 1.58. The van der Waals surface area contributed by atoms with Gasteiger partial charge >= 0.3 is 0 Å². The molecule has 0 bridgehead atoms. The summed E-state index contributed by atoms with van der Waals surface area (Å²) in [6.45, 7) is 0. The molecular formula is C8H7BrN2O. The molecule has 0 radical (unpaired) electrons. The molecule has 2 aromatic rings. The molecule has 0 saturated carbocycles. The summed E-state index contributed by atoms with van der Waals surface area (Å²) in [6, 6.07) is 5.29. The van der Waals surface area contributed by atoms with Gasteiger partial charge in [0, 0.05) is 18.5 Å². The Bertz CT molecular complexity index is 483.